The van der Waals surface area contributed by atoms with Gasteiger partial charge in [-0.3, -0.25) is 0 Å². The fraction of sp³-hybridized carbons (Fsp3) is 0.571. The summed E-state index contributed by atoms with van der Waals surface area (Å²) in [5.74, 6) is 0.474. The van der Waals surface area contributed by atoms with E-state index in [0.717, 1.165) is 18.4 Å². The van der Waals surface area contributed by atoms with E-state index in [1.165, 1.54) is 18.9 Å². The smallest absolute Gasteiger partial charge is 0.242 e. The van der Waals surface area contributed by atoms with Crippen LogP contribution in [0.2, 0.25) is 10.0 Å². The Balaban J connectivity index is 1.79. The maximum Gasteiger partial charge on any atom is 0.242 e. The van der Waals surface area contributed by atoms with E-state index >= 15 is 0 Å². The van der Waals surface area contributed by atoms with Gasteiger partial charge in [-0.2, -0.15) is 0 Å². The van der Waals surface area contributed by atoms with E-state index in [0.29, 0.717) is 30.1 Å². The van der Waals surface area contributed by atoms with Gasteiger partial charge < -0.3 is 5.32 Å². The summed E-state index contributed by atoms with van der Waals surface area (Å²) in [4.78, 5) is 0.113. The summed E-state index contributed by atoms with van der Waals surface area (Å²) in [6.07, 6.45) is 4.51. The van der Waals surface area contributed by atoms with Crippen LogP contribution in [0.25, 0.3) is 0 Å². The average molecular weight is 349 g/mol. The first-order chi connectivity index (χ1) is 9.95. The van der Waals surface area contributed by atoms with Crippen molar-refractivity contribution in [1.29, 1.82) is 0 Å². The second-order valence-electron chi connectivity index (χ2n) is 5.82. The second-order valence-corrected chi connectivity index (χ2v) is 8.37. The van der Waals surface area contributed by atoms with Crippen molar-refractivity contribution >= 4 is 33.2 Å². The van der Waals surface area contributed by atoms with E-state index in [1.807, 2.05) is 0 Å². The zero-order chi connectivity index (χ0) is 15.0. The van der Waals surface area contributed by atoms with Crippen molar-refractivity contribution in [2.75, 3.05) is 6.54 Å². The van der Waals surface area contributed by atoms with E-state index < -0.39 is 10.0 Å². The van der Waals surface area contributed by atoms with Gasteiger partial charge in [-0.1, -0.05) is 23.2 Å². The molecule has 0 radical (unpaired) electrons. The van der Waals surface area contributed by atoms with Gasteiger partial charge >= 0.3 is 0 Å². The molecule has 21 heavy (non-hydrogen) atoms. The molecule has 2 N–H and O–H groups in total. The quantitative estimate of drug-likeness (QED) is 0.796. The highest BCUT2D eigenvalue weighted by Crippen LogP contribution is 2.31. The molecule has 0 amide bonds. The molecule has 3 rings (SSSR count). The number of halogens is 2. The van der Waals surface area contributed by atoms with Gasteiger partial charge in [0.1, 0.15) is 4.90 Å². The molecule has 2 saturated carbocycles. The van der Waals surface area contributed by atoms with Crippen LogP contribution < -0.4 is 10.0 Å². The molecular formula is C14H18Cl2N2O2S. The van der Waals surface area contributed by atoms with Crippen molar-refractivity contribution in [3.8, 4) is 0 Å². The average Bonchev–Trinajstić information content (AvgIpc) is 3.29. The summed E-state index contributed by atoms with van der Waals surface area (Å²) < 4.78 is 27.3. The number of rotatable bonds is 7. The molecule has 2 fully saturated rings. The number of sulfonamides is 1. The van der Waals surface area contributed by atoms with Crippen molar-refractivity contribution in [1.82, 2.24) is 10.0 Å². The summed E-state index contributed by atoms with van der Waals surface area (Å²) in [6.45, 7) is 1.04. The topological polar surface area (TPSA) is 58.2 Å². The third-order valence-corrected chi connectivity index (χ3v) is 6.05. The van der Waals surface area contributed by atoms with Gasteiger partial charge in [0, 0.05) is 24.2 Å². The highest BCUT2D eigenvalue weighted by molar-refractivity contribution is 7.89. The predicted molar refractivity (Wildman–Crippen MR) is 84.2 cm³/mol. The Kier molecular flexibility index (Phi) is 4.48. The minimum absolute atomic E-state index is 0.113. The Hall–Kier alpha value is -0.330. The molecular weight excluding hydrogens is 331 g/mol. The zero-order valence-electron chi connectivity index (χ0n) is 11.5. The first-order valence-corrected chi connectivity index (χ1v) is 9.40. The molecule has 0 aromatic heterocycles. The van der Waals surface area contributed by atoms with Crippen molar-refractivity contribution in [2.45, 2.75) is 43.2 Å². The second kappa shape index (κ2) is 6.05. The third-order valence-electron chi connectivity index (χ3n) is 3.81. The van der Waals surface area contributed by atoms with Crippen LogP contribution in [0.15, 0.2) is 17.0 Å². The molecule has 0 bridgehead atoms. The van der Waals surface area contributed by atoms with E-state index in [2.05, 4.69) is 10.0 Å². The minimum atomic E-state index is -3.58. The molecule has 0 heterocycles. The summed E-state index contributed by atoms with van der Waals surface area (Å²) in [5, 5.41) is 3.99. The van der Waals surface area contributed by atoms with E-state index in [9.17, 15) is 8.42 Å². The summed E-state index contributed by atoms with van der Waals surface area (Å²) in [6, 6.07) is 3.62. The van der Waals surface area contributed by atoms with Crippen molar-refractivity contribution < 1.29 is 8.42 Å². The molecule has 0 spiro atoms. The maximum atomic E-state index is 12.3. The number of hydrogen-bond acceptors (Lipinski definition) is 3. The molecule has 2 aliphatic carbocycles. The van der Waals surface area contributed by atoms with Crippen molar-refractivity contribution in [3.05, 3.63) is 27.7 Å². The molecule has 1 aromatic rings. The summed E-state index contributed by atoms with van der Waals surface area (Å²) >= 11 is 12.2. The summed E-state index contributed by atoms with van der Waals surface area (Å²) in [7, 11) is -3.58. The molecule has 116 valence electrons. The Labute approximate surface area is 135 Å². The number of hydrogen-bond donors (Lipinski definition) is 2. The monoisotopic (exact) mass is 348 g/mol. The van der Waals surface area contributed by atoms with Crippen LogP contribution in [0.5, 0.6) is 0 Å². The van der Waals surface area contributed by atoms with Crippen LogP contribution in [-0.2, 0) is 16.6 Å². The largest absolute Gasteiger partial charge is 0.310 e. The van der Waals surface area contributed by atoms with Gasteiger partial charge in [0.15, 0.2) is 0 Å². The van der Waals surface area contributed by atoms with Gasteiger partial charge in [-0.05, 0) is 49.3 Å². The third kappa shape index (κ3) is 4.11. The Morgan fingerprint density at radius 2 is 1.81 bits per heavy atom. The predicted octanol–water partition coefficient (Wildman–Crippen LogP) is 2.93. The highest BCUT2D eigenvalue weighted by atomic mass is 35.5. The molecule has 0 aliphatic heterocycles. The van der Waals surface area contributed by atoms with Gasteiger partial charge in [0.05, 0.1) is 5.02 Å². The lowest BCUT2D eigenvalue weighted by atomic mass is 10.2. The molecule has 0 atom stereocenters. The molecule has 0 unspecified atom stereocenters. The molecule has 1 aromatic carbocycles. The number of nitrogens with one attached hydrogen (secondary N) is 2. The first-order valence-electron chi connectivity index (χ1n) is 7.16. The van der Waals surface area contributed by atoms with Crippen LogP contribution in [-0.4, -0.2) is 21.0 Å². The zero-order valence-corrected chi connectivity index (χ0v) is 13.9. The Bertz CT molecular complexity index is 641. The Morgan fingerprint density at radius 1 is 1.10 bits per heavy atom. The highest BCUT2D eigenvalue weighted by Gasteiger charge is 2.26. The fourth-order valence-corrected chi connectivity index (χ4v) is 4.06. The summed E-state index contributed by atoms with van der Waals surface area (Å²) in [5.41, 5.74) is 0.764. The molecule has 4 nitrogen and oxygen atoms in total. The molecule has 0 saturated heterocycles. The van der Waals surface area contributed by atoms with E-state index in [-0.39, 0.29) is 9.92 Å². The minimum Gasteiger partial charge on any atom is -0.310 e. The maximum absolute atomic E-state index is 12.3. The molecule has 7 heteroatoms. The van der Waals surface area contributed by atoms with Crippen molar-refractivity contribution in [2.24, 2.45) is 5.92 Å². The van der Waals surface area contributed by atoms with Crippen LogP contribution in [0.4, 0.5) is 0 Å². The van der Waals surface area contributed by atoms with Crippen LogP contribution >= 0.6 is 23.2 Å². The lowest BCUT2D eigenvalue weighted by molar-refractivity contribution is 0.577. The standard InChI is InChI=1S/C14H18Cl2N2O2S/c15-12-6-13(16)14(5-10(12)8-17-11-3-4-11)21(19,20)18-7-9-1-2-9/h5-6,9,11,17-18H,1-4,7-8H2. The van der Waals surface area contributed by atoms with Crippen LogP contribution in [0, 0.1) is 5.92 Å². The van der Waals surface area contributed by atoms with Gasteiger partial charge in [-0.15, -0.1) is 0 Å². The van der Waals surface area contributed by atoms with Crippen molar-refractivity contribution in [3.63, 3.8) is 0 Å². The van der Waals surface area contributed by atoms with Gasteiger partial charge in [0.2, 0.25) is 10.0 Å². The Morgan fingerprint density at radius 3 is 2.43 bits per heavy atom. The SMILES string of the molecule is O=S(=O)(NCC1CC1)c1cc(CNC2CC2)c(Cl)cc1Cl. The van der Waals surface area contributed by atoms with Crippen LogP contribution in [0.3, 0.4) is 0 Å². The van der Waals surface area contributed by atoms with Crippen LogP contribution in [0.1, 0.15) is 31.2 Å². The number of benzene rings is 1. The lowest BCUT2D eigenvalue weighted by Crippen LogP contribution is -2.26. The lowest BCUT2D eigenvalue weighted by Gasteiger charge is -2.12. The van der Waals surface area contributed by atoms with E-state index in [1.54, 1.807) is 6.07 Å². The molecule has 2 aliphatic rings. The normalized spacial score (nSPS) is 19.0. The first kappa shape index (κ1) is 15.6. The van der Waals surface area contributed by atoms with E-state index in [4.69, 9.17) is 23.2 Å². The fourth-order valence-electron chi connectivity index (χ4n) is 2.08. The van der Waals surface area contributed by atoms with Gasteiger partial charge in [0.25, 0.3) is 0 Å². The van der Waals surface area contributed by atoms with Gasteiger partial charge in [-0.25, -0.2) is 13.1 Å².